The van der Waals surface area contributed by atoms with Crippen LogP contribution in [0.25, 0.3) is 16.5 Å². The van der Waals surface area contributed by atoms with E-state index in [0.29, 0.717) is 6.42 Å². The van der Waals surface area contributed by atoms with Gasteiger partial charge in [-0.3, -0.25) is 0 Å². The van der Waals surface area contributed by atoms with E-state index >= 15 is 0 Å². The summed E-state index contributed by atoms with van der Waals surface area (Å²) in [6.45, 7) is 0.259. The van der Waals surface area contributed by atoms with Crippen molar-refractivity contribution < 1.29 is 14.3 Å². The Bertz CT molecular complexity index is 536. The maximum Gasteiger partial charge on any atom is 0.337 e. The van der Waals surface area contributed by atoms with Crippen LogP contribution in [0.5, 0.6) is 0 Å². The molecule has 0 aromatic heterocycles. The fraction of sp³-hybridized carbons (Fsp3) is 0.182. The molecule has 0 aliphatic rings. The molecular weight excluding hydrogens is 239 g/mol. The summed E-state index contributed by atoms with van der Waals surface area (Å²) in [5.41, 5.74) is 13.3. The van der Waals surface area contributed by atoms with Gasteiger partial charge in [0.2, 0.25) is 0 Å². The number of nitrogens with zero attached hydrogens (tertiary/aromatic N) is 3. The van der Waals surface area contributed by atoms with Crippen LogP contribution in [0, 0.1) is 5.82 Å². The van der Waals surface area contributed by atoms with Crippen molar-refractivity contribution in [3.8, 4) is 0 Å². The Kier molecular flexibility index (Phi) is 4.71. The minimum absolute atomic E-state index is 0.119. The zero-order valence-corrected chi connectivity index (χ0v) is 9.38. The van der Waals surface area contributed by atoms with Crippen LogP contribution in [0.4, 0.5) is 10.1 Å². The normalized spacial score (nSPS) is 10.3. The molecule has 0 spiro atoms. The summed E-state index contributed by atoms with van der Waals surface area (Å²) in [6.07, 6.45) is 3.46. The Morgan fingerprint density at radius 2 is 2.33 bits per heavy atom. The molecule has 94 valence electrons. The van der Waals surface area contributed by atoms with Crippen molar-refractivity contribution in [2.24, 2.45) is 5.11 Å². The number of carbonyl (C=O) groups is 1. The molecule has 0 unspecified atom stereocenters. The van der Waals surface area contributed by atoms with E-state index in [4.69, 9.17) is 16.4 Å². The SMILES string of the molecule is [N-]=[N+]=NCCC=Cc1cc(C(=O)O)c(N)cc1F. The van der Waals surface area contributed by atoms with Gasteiger partial charge in [0.15, 0.2) is 0 Å². The molecule has 0 amide bonds. The largest absolute Gasteiger partial charge is 0.478 e. The zero-order chi connectivity index (χ0) is 13.5. The molecule has 0 aliphatic heterocycles. The molecule has 7 heteroatoms. The van der Waals surface area contributed by atoms with Gasteiger partial charge in [0.05, 0.1) is 5.56 Å². The summed E-state index contributed by atoms with van der Waals surface area (Å²) in [6, 6.07) is 2.13. The average molecular weight is 250 g/mol. The Hall–Kier alpha value is -2.53. The van der Waals surface area contributed by atoms with Gasteiger partial charge >= 0.3 is 5.97 Å². The molecule has 0 saturated carbocycles. The highest BCUT2D eigenvalue weighted by Gasteiger charge is 2.11. The summed E-state index contributed by atoms with van der Waals surface area (Å²) in [5.74, 6) is -1.81. The topological polar surface area (TPSA) is 112 Å². The van der Waals surface area contributed by atoms with Crippen molar-refractivity contribution in [1.29, 1.82) is 0 Å². The number of nitrogens with two attached hydrogens (primary N) is 1. The van der Waals surface area contributed by atoms with Crippen LogP contribution in [-0.4, -0.2) is 17.6 Å². The summed E-state index contributed by atoms with van der Waals surface area (Å²) < 4.78 is 13.5. The first-order valence-electron chi connectivity index (χ1n) is 5.06. The minimum atomic E-state index is -1.21. The lowest BCUT2D eigenvalue weighted by Crippen LogP contribution is -2.04. The second-order valence-corrected chi connectivity index (χ2v) is 3.41. The van der Waals surface area contributed by atoms with Gasteiger partial charge in [-0.1, -0.05) is 17.3 Å². The molecule has 1 aromatic rings. The van der Waals surface area contributed by atoms with Crippen molar-refractivity contribution in [1.82, 2.24) is 0 Å². The average Bonchev–Trinajstić information content (AvgIpc) is 2.30. The summed E-state index contributed by atoms with van der Waals surface area (Å²) >= 11 is 0. The number of hydrogen-bond acceptors (Lipinski definition) is 3. The van der Waals surface area contributed by atoms with E-state index in [9.17, 15) is 9.18 Å². The van der Waals surface area contributed by atoms with Crippen LogP contribution >= 0.6 is 0 Å². The quantitative estimate of drug-likeness (QED) is 0.275. The number of aromatic carboxylic acids is 1. The molecule has 0 fully saturated rings. The number of nitrogen functional groups attached to an aromatic ring is 1. The molecule has 0 heterocycles. The number of halogens is 1. The van der Waals surface area contributed by atoms with Crippen LogP contribution in [0.2, 0.25) is 0 Å². The van der Waals surface area contributed by atoms with E-state index in [1.165, 1.54) is 6.08 Å². The highest BCUT2D eigenvalue weighted by molar-refractivity contribution is 5.94. The maximum absolute atomic E-state index is 13.5. The Balaban J connectivity index is 2.91. The van der Waals surface area contributed by atoms with E-state index in [1.807, 2.05) is 0 Å². The standard InChI is InChI=1S/C11H11FN4O2/c12-9-6-10(13)8(11(17)18)5-7(9)3-1-2-4-15-16-14/h1,3,5-6H,2,4,13H2,(H,17,18). The van der Waals surface area contributed by atoms with Gasteiger partial charge in [0.25, 0.3) is 0 Å². The van der Waals surface area contributed by atoms with Crippen molar-refractivity contribution in [3.63, 3.8) is 0 Å². The first-order chi connectivity index (χ1) is 8.56. The fourth-order valence-corrected chi connectivity index (χ4v) is 1.31. The first-order valence-corrected chi connectivity index (χ1v) is 5.06. The third-order valence-electron chi connectivity index (χ3n) is 2.16. The van der Waals surface area contributed by atoms with Crippen molar-refractivity contribution in [2.75, 3.05) is 12.3 Å². The lowest BCUT2D eigenvalue weighted by molar-refractivity contribution is 0.0698. The third kappa shape index (κ3) is 3.50. The highest BCUT2D eigenvalue weighted by Crippen LogP contribution is 2.19. The highest BCUT2D eigenvalue weighted by atomic mass is 19.1. The number of carboxylic acid groups (broad SMARTS) is 1. The molecule has 6 nitrogen and oxygen atoms in total. The number of hydrogen-bond donors (Lipinski definition) is 2. The van der Waals surface area contributed by atoms with Gasteiger partial charge in [-0.15, -0.1) is 0 Å². The van der Waals surface area contributed by atoms with Gasteiger partial charge in [0, 0.05) is 22.7 Å². The zero-order valence-electron chi connectivity index (χ0n) is 9.38. The molecule has 0 atom stereocenters. The summed E-state index contributed by atoms with van der Waals surface area (Å²) in [4.78, 5) is 13.4. The Labute approximate surface area is 102 Å². The van der Waals surface area contributed by atoms with Crippen LogP contribution in [0.1, 0.15) is 22.3 Å². The minimum Gasteiger partial charge on any atom is -0.478 e. The van der Waals surface area contributed by atoms with Crippen LogP contribution in [0.3, 0.4) is 0 Å². The molecule has 0 aliphatic carbocycles. The van der Waals surface area contributed by atoms with E-state index in [2.05, 4.69) is 10.0 Å². The number of azide groups is 1. The van der Waals surface area contributed by atoms with E-state index < -0.39 is 11.8 Å². The van der Waals surface area contributed by atoms with E-state index in [-0.39, 0.29) is 23.4 Å². The fourth-order valence-electron chi connectivity index (χ4n) is 1.31. The van der Waals surface area contributed by atoms with Crippen molar-refractivity contribution in [3.05, 3.63) is 45.6 Å². The lowest BCUT2D eigenvalue weighted by Gasteiger charge is -2.03. The monoisotopic (exact) mass is 250 g/mol. The van der Waals surface area contributed by atoms with Crippen molar-refractivity contribution in [2.45, 2.75) is 6.42 Å². The Morgan fingerprint density at radius 3 is 2.94 bits per heavy atom. The van der Waals surface area contributed by atoms with E-state index in [1.54, 1.807) is 6.08 Å². The molecule has 0 saturated heterocycles. The molecule has 0 bridgehead atoms. The molecule has 3 N–H and O–H groups in total. The van der Waals surface area contributed by atoms with Gasteiger partial charge in [-0.2, -0.15) is 0 Å². The molecule has 0 radical (unpaired) electrons. The molecule has 1 rings (SSSR count). The Morgan fingerprint density at radius 1 is 1.61 bits per heavy atom. The second kappa shape index (κ2) is 6.27. The third-order valence-corrected chi connectivity index (χ3v) is 2.16. The summed E-state index contributed by atoms with van der Waals surface area (Å²) in [7, 11) is 0. The molecule has 1 aromatic carbocycles. The van der Waals surface area contributed by atoms with Crippen LogP contribution in [0.15, 0.2) is 23.3 Å². The van der Waals surface area contributed by atoms with Crippen LogP contribution < -0.4 is 5.73 Å². The number of rotatable bonds is 5. The molecule has 18 heavy (non-hydrogen) atoms. The smallest absolute Gasteiger partial charge is 0.337 e. The van der Waals surface area contributed by atoms with Crippen molar-refractivity contribution >= 4 is 17.7 Å². The predicted octanol–water partition coefficient (Wildman–Crippen LogP) is 2.82. The summed E-state index contributed by atoms with van der Waals surface area (Å²) in [5, 5.41) is 12.1. The lowest BCUT2D eigenvalue weighted by atomic mass is 10.1. The van der Waals surface area contributed by atoms with E-state index in [0.717, 1.165) is 12.1 Å². The van der Waals surface area contributed by atoms with Gasteiger partial charge in [-0.25, -0.2) is 9.18 Å². The number of anilines is 1. The maximum atomic E-state index is 13.5. The number of carboxylic acids is 1. The first kappa shape index (κ1) is 13.5. The second-order valence-electron chi connectivity index (χ2n) is 3.41. The van der Waals surface area contributed by atoms with Crippen LogP contribution in [-0.2, 0) is 0 Å². The molecular formula is C11H11FN4O2. The van der Waals surface area contributed by atoms with Gasteiger partial charge in [-0.05, 0) is 24.1 Å². The van der Waals surface area contributed by atoms with Gasteiger partial charge < -0.3 is 10.8 Å². The van der Waals surface area contributed by atoms with Gasteiger partial charge in [0.1, 0.15) is 5.82 Å². The predicted molar refractivity (Wildman–Crippen MR) is 65.4 cm³/mol. The number of benzene rings is 1.